The fraction of sp³-hybridized carbons (Fsp3) is 0.400. The average Bonchev–Trinajstić information content (AvgIpc) is 2.53. The maximum absolute atomic E-state index is 12.6. The standard InChI is InChI=1S/C15H16F3N3O3/c16-15(17,18)10-2-1-3-11(8-10)20-13(23)14(24)21-6-4-9(5-7-21)12(19)22/h1-3,8-9H,4-7H2,(H2,19,22)(H,20,23). The fourth-order valence-corrected chi connectivity index (χ4v) is 2.47. The number of amides is 3. The molecule has 130 valence electrons. The Labute approximate surface area is 135 Å². The van der Waals surface area contributed by atoms with E-state index in [2.05, 4.69) is 5.32 Å². The second kappa shape index (κ2) is 6.90. The summed E-state index contributed by atoms with van der Waals surface area (Å²) in [4.78, 5) is 36.3. The van der Waals surface area contributed by atoms with E-state index in [9.17, 15) is 27.6 Å². The van der Waals surface area contributed by atoms with Crippen molar-refractivity contribution in [3.63, 3.8) is 0 Å². The van der Waals surface area contributed by atoms with E-state index in [1.165, 1.54) is 11.0 Å². The van der Waals surface area contributed by atoms with Gasteiger partial charge < -0.3 is 16.0 Å². The molecule has 2 rings (SSSR count). The van der Waals surface area contributed by atoms with Crippen LogP contribution in [0.4, 0.5) is 18.9 Å². The van der Waals surface area contributed by atoms with Crippen LogP contribution in [0.3, 0.4) is 0 Å². The molecule has 1 aliphatic rings. The molecule has 3 N–H and O–H groups in total. The number of likely N-dealkylation sites (tertiary alicyclic amines) is 1. The van der Waals surface area contributed by atoms with Crippen molar-refractivity contribution in [2.45, 2.75) is 19.0 Å². The van der Waals surface area contributed by atoms with E-state index >= 15 is 0 Å². The molecule has 0 atom stereocenters. The first-order chi connectivity index (χ1) is 11.2. The molecule has 0 aromatic heterocycles. The van der Waals surface area contributed by atoms with Gasteiger partial charge in [0.25, 0.3) is 0 Å². The van der Waals surface area contributed by atoms with Gasteiger partial charge in [0, 0.05) is 24.7 Å². The van der Waals surface area contributed by atoms with Crippen LogP contribution >= 0.6 is 0 Å². The summed E-state index contributed by atoms with van der Waals surface area (Å²) < 4.78 is 37.9. The van der Waals surface area contributed by atoms with Gasteiger partial charge in [-0.25, -0.2) is 0 Å². The molecule has 6 nitrogen and oxygen atoms in total. The third kappa shape index (κ3) is 4.24. The number of nitrogens with zero attached hydrogens (tertiary/aromatic N) is 1. The summed E-state index contributed by atoms with van der Waals surface area (Å²) in [6, 6.07) is 4.03. The van der Waals surface area contributed by atoms with E-state index in [4.69, 9.17) is 5.73 Å². The first kappa shape index (κ1) is 17.8. The zero-order valence-corrected chi connectivity index (χ0v) is 12.6. The van der Waals surface area contributed by atoms with Crippen LogP contribution in [0.1, 0.15) is 18.4 Å². The number of rotatable bonds is 2. The Bertz CT molecular complexity index is 653. The Morgan fingerprint density at radius 1 is 1.17 bits per heavy atom. The normalized spacial score (nSPS) is 15.9. The molecule has 0 unspecified atom stereocenters. The predicted octanol–water partition coefficient (Wildman–Crippen LogP) is 1.37. The van der Waals surface area contributed by atoms with Crippen LogP contribution in [-0.2, 0) is 20.6 Å². The minimum atomic E-state index is -4.54. The molecular weight excluding hydrogens is 327 g/mol. The quantitative estimate of drug-likeness (QED) is 0.795. The van der Waals surface area contributed by atoms with Crippen LogP contribution in [0, 0.1) is 5.92 Å². The SMILES string of the molecule is NC(=O)C1CCN(C(=O)C(=O)Nc2cccc(C(F)(F)F)c2)CC1. The number of halogens is 3. The first-order valence-corrected chi connectivity index (χ1v) is 7.25. The average molecular weight is 343 g/mol. The molecule has 24 heavy (non-hydrogen) atoms. The first-order valence-electron chi connectivity index (χ1n) is 7.25. The van der Waals surface area contributed by atoms with Gasteiger partial charge in [0.05, 0.1) is 5.56 Å². The number of nitrogens with two attached hydrogens (primary N) is 1. The molecular formula is C15H16F3N3O3. The Balaban J connectivity index is 1.98. The van der Waals surface area contributed by atoms with Crippen LogP contribution in [-0.4, -0.2) is 35.7 Å². The van der Waals surface area contributed by atoms with Crippen LogP contribution in [0.2, 0.25) is 0 Å². The third-order valence-corrected chi connectivity index (χ3v) is 3.83. The van der Waals surface area contributed by atoms with Crippen molar-refractivity contribution >= 4 is 23.4 Å². The number of hydrogen-bond acceptors (Lipinski definition) is 3. The summed E-state index contributed by atoms with van der Waals surface area (Å²) in [5.41, 5.74) is 4.15. The molecule has 3 amide bonds. The zero-order valence-electron chi connectivity index (χ0n) is 12.6. The molecule has 1 aliphatic heterocycles. The lowest BCUT2D eigenvalue weighted by atomic mass is 9.96. The summed E-state index contributed by atoms with van der Waals surface area (Å²) in [5, 5.41) is 2.16. The number of alkyl halides is 3. The highest BCUT2D eigenvalue weighted by atomic mass is 19.4. The maximum atomic E-state index is 12.6. The van der Waals surface area contributed by atoms with Crippen LogP contribution < -0.4 is 11.1 Å². The van der Waals surface area contributed by atoms with Crippen molar-refractivity contribution in [1.29, 1.82) is 0 Å². The number of hydrogen-bond donors (Lipinski definition) is 2. The van der Waals surface area contributed by atoms with E-state index in [0.29, 0.717) is 12.8 Å². The van der Waals surface area contributed by atoms with Gasteiger partial charge in [-0.1, -0.05) is 6.07 Å². The molecule has 0 saturated carbocycles. The van der Waals surface area contributed by atoms with Crippen molar-refractivity contribution in [3.8, 4) is 0 Å². The summed E-state index contributed by atoms with van der Waals surface area (Å²) in [5.74, 6) is -2.65. The van der Waals surface area contributed by atoms with Gasteiger partial charge >= 0.3 is 18.0 Å². The lowest BCUT2D eigenvalue weighted by molar-refractivity contribution is -0.144. The van der Waals surface area contributed by atoms with Gasteiger partial charge in [-0.2, -0.15) is 13.2 Å². The van der Waals surface area contributed by atoms with Crippen LogP contribution in [0.15, 0.2) is 24.3 Å². The van der Waals surface area contributed by atoms with Gasteiger partial charge in [0.1, 0.15) is 0 Å². The van der Waals surface area contributed by atoms with Crippen molar-refractivity contribution in [2.24, 2.45) is 11.7 Å². The lowest BCUT2D eigenvalue weighted by Crippen LogP contribution is -2.46. The minimum absolute atomic E-state index is 0.116. The number of carbonyl (C=O) groups is 3. The molecule has 1 aromatic rings. The lowest BCUT2D eigenvalue weighted by Gasteiger charge is -2.29. The highest BCUT2D eigenvalue weighted by Gasteiger charge is 2.31. The summed E-state index contributed by atoms with van der Waals surface area (Å²) >= 11 is 0. The van der Waals surface area contributed by atoms with Crippen LogP contribution in [0.25, 0.3) is 0 Å². The number of benzene rings is 1. The second-order valence-electron chi connectivity index (χ2n) is 5.50. The van der Waals surface area contributed by atoms with E-state index < -0.39 is 29.5 Å². The minimum Gasteiger partial charge on any atom is -0.369 e. The van der Waals surface area contributed by atoms with Gasteiger partial charge in [0.2, 0.25) is 5.91 Å². The van der Waals surface area contributed by atoms with E-state index in [0.717, 1.165) is 18.2 Å². The zero-order chi connectivity index (χ0) is 17.9. The van der Waals surface area contributed by atoms with Gasteiger partial charge in [-0.3, -0.25) is 14.4 Å². The molecule has 0 radical (unpaired) electrons. The number of primary amides is 1. The monoisotopic (exact) mass is 343 g/mol. The number of carbonyl (C=O) groups excluding carboxylic acids is 3. The summed E-state index contributed by atoms with van der Waals surface area (Å²) in [7, 11) is 0. The molecule has 0 aliphatic carbocycles. The fourth-order valence-electron chi connectivity index (χ4n) is 2.47. The van der Waals surface area contributed by atoms with Crippen molar-refractivity contribution in [1.82, 2.24) is 4.90 Å². The Morgan fingerprint density at radius 3 is 2.33 bits per heavy atom. The largest absolute Gasteiger partial charge is 0.416 e. The molecule has 9 heteroatoms. The van der Waals surface area contributed by atoms with Crippen molar-refractivity contribution < 1.29 is 27.6 Å². The maximum Gasteiger partial charge on any atom is 0.416 e. The Hall–Kier alpha value is -2.58. The third-order valence-electron chi connectivity index (χ3n) is 3.83. The molecule has 1 fully saturated rings. The number of nitrogens with one attached hydrogen (secondary N) is 1. The van der Waals surface area contributed by atoms with Crippen molar-refractivity contribution in [3.05, 3.63) is 29.8 Å². The van der Waals surface area contributed by atoms with Crippen molar-refractivity contribution in [2.75, 3.05) is 18.4 Å². The summed E-state index contributed by atoms with van der Waals surface area (Å²) in [6.45, 7) is 0.394. The number of anilines is 1. The molecule has 1 aromatic carbocycles. The topological polar surface area (TPSA) is 92.5 Å². The smallest absolute Gasteiger partial charge is 0.369 e. The highest BCUT2D eigenvalue weighted by molar-refractivity contribution is 6.39. The molecule has 1 saturated heterocycles. The second-order valence-corrected chi connectivity index (χ2v) is 5.50. The predicted molar refractivity (Wildman–Crippen MR) is 78.6 cm³/mol. The summed E-state index contributed by atoms with van der Waals surface area (Å²) in [6.07, 6.45) is -3.82. The molecule has 0 bridgehead atoms. The number of piperidine rings is 1. The van der Waals surface area contributed by atoms with Gasteiger partial charge in [0.15, 0.2) is 0 Å². The van der Waals surface area contributed by atoms with E-state index in [-0.39, 0.29) is 24.7 Å². The molecule has 0 spiro atoms. The highest BCUT2D eigenvalue weighted by Crippen LogP contribution is 2.30. The molecule has 1 heterocycles. The Morgan fingerprint density at radius 2 is 1.79 bits per heavy atom. The van der Waals surface area contributed by atoms with Crippen LogP contribution in [0.5, 0.6) is 0 Å². The van der Waals surface area contributed by atoms with E-state index in [1.807, 2.05) is 0 Å². The van der Waals surface area contributed by atoms with E-state index in [1.54, 1.807) is 0 Å². The van der Waals surface area contributed by atoms with Gasteiger partial charge in [-0.15, -0.1) is 0 Å². The van der Waals surface area contributed by atoms with Gasteiger partial charge in [-0.05, 0) is 31.0 Å². The Kier molecular flexibility index (Phi) is 5.10.